The topological polar surface area (TPSA) is 17.0 Å². The average molecular weight is 254 g/mol. The highest BCUT2D eigenvalue weighted by molar-refractivity contribution is 5.81. The minimum absolute atomic E-state index is 0.569. The molecule has 2 nitrogen and oxygen atoms in total. The Morgan fingerprint density at radius 1 is 1.11 bits per heavy atom. The largest absolute Gasteiger partial charge is 0.343 e. The number of hydrogen-bond acceptors (Lipinski definition) is 1. The van der Waals surface area contributed by atoms with Crippen molar-refractivity contribution in [2.24, 2.45) is 5.92 Å². The molecule has 1 aromatic heterocycles. The number of rotatable bonds is 3. The zero-order valence-corrected chi connectivity index (χ0v) is 11.4. The molecule has 1 saturated heterocycles. The first-order valence-corrected chi connectivity index (χ1v) is 7.73. The summed E-state index contributed by atoms with van der Waals surface area (Å²) in [6.45, 7) is 2.40. The van der Waals surface area contributed by atoms with Crippen molar-refractivity contribution in [3.63, 3.8) is 0 Å². The third-order valence-corrected chi connectivity index (χ3v) is 4.65. The van der Waals surface area contributed by atoms with Crippen LogP contribution < -0.4 is 5.32 Å². The molecule has 2 fully saturated rings. The van der Waals surface area contributed by atoms with Gasteiger partial charge in [-0.1, -0.05) is 24.6 Å². The minimum Gasteiger partial charge on any atom is -0.343 e. The van der Waals surface area contributed by atoms with E-state index in [-0.39, 0.29) is 0 Å². The molecule has 0 unspecified atom stereocenters. The maximum atomic E-state index is 3.71. The zero-order valence-electron chi connectivity index (χ0n) is 11.4. The molecule has 0 amide bonds. The first-order chi connectivity index (χ1) is 9.42. The molecule has 0 spiro atoms. The summed E-state index contributed by atoms with van der Waals surface area (Å²) in [6, 6.07) is 11.8. The molecule has 19 heavy (non-hydrogen) atoms. The van der Waals surface area contributed by atoms with Gasteiger partial charge in [-0.25, -0.2) is 0 Å². The highest BCUT2D eigenvalue weighted by atomic mass is 15.0. The lowest BCUT2D eigenvalue weighted by atomic mass is 10.0. The van der Waals surface area contributed by atoms with Crippen LogP contribution in [0.15, 0.2) is 30.3 Å². The van der Waals surface area contributed by atoms with Crippen LogP contribution in [-0.2, 0) is 6.54 Å². The fourth-order valence-electron chi connectivity index (χ4n) is 3.39. The standard InChI is InChI=1S/C17H22N2/c1-2-7-16-14(5-1)11-17(15-6-3-4-10-18-15)19(16)12-13-8-9-13/h1-2,5,7,11,13,15,18H,3-4,6,8-10,12H2/t15-/m0/s1. The number of piperidine rings is 1. The molecule has 1 aromatic carbocycles. The molecule has 2 aliphatic rings. The second-order valence-electron chi connectivity index (χ2n) is 6.18. The van der Waals surface area contributed by atoms with Crippen LogP contribution in [0.1, 0.15) is 43.8 Å². The van der Waals surface area contributed by atoms with Gasteiger partial charge in [-0.3, -0.25) is 0 Å². The number of nitrogens with one attached hydrogen (secondary N) is 1. The van der Waals surface area contributed by atoms with Crippen LogP contribution in [0.5, 0.6) is 0 Å². The number of nitrogens with zero attached hydrogens (tertiary/aromatic N) is 1. The van der Waals surface area contributed by atoms with Crippen molar-refractivity contribution in [2.45, 2.75) is 44.7 Å². The lowest BCUT2D eigenvalue weighted by Gasteiger charge is -2.25. The number of hydrogen-bond donors (Lipinski definition) is 1. The molecular formula is C17H22N2. The Hall–Kier alpha value is -1.28. The van der Waals surface area contributed by atoms with Crippen molar-refractivity contribution in [1.29, 1.82) is 0 Å². The van der Waals surface area contributed by atoms with Crippen molar-refractivity contribution in [3.05, 3.63) is 36.0 Å². The number of fused-ring (bicyclic) bond motifs is 1. The van der Waals surface area contributed by atoms with E-state index in [1.807, 2.05) is 0 Å². The predicted octanol–water partition coefficient (Wildman–Crippen LogP) is 3.87. The molecule has 1 aliphatic heterocycles. The van der Waals surface area contributed by atoms with Crippen LogP contribution in [0.25, 0.3) is 10.9 Å². The van der Waals surface area contributed by atoms with Gasteiger partial charge in [-0.05, 0) is 55.7 Å². The van der Waals surface area contributed by atoms with Crippen molar-refractivity contribution >= 4 is 10.9 Å². The third-order valence-electron chi connectivity index (χ3n) is 4.65. The van der Waals surface area contributed by atoms with Crippen molar-refractivity contribution in [3.8, 4) is 0 Å². The number of para-hydroxylation sites is 1. The molecule has 1 N–H and O–H groups in total. The quantitative estimate of drug-likeness (QED) is 0.880. The van der Waals surface area contributed by atoms with E-state index in [2.05, 4.69) is 40.2 Å². The number of aromatic nitrogens is 1. The van der Waals surface area contributed by atoms with Crippen LogP contribution in [0.4, 0.5) is 0 Å². The van der Waals surface area contributed by atoms with Gasteiger partial charge in [0, 0.05) is 23.8 Å². The molecule has 2 aromatic rings. The van der Waals surface area contributed by atoms with Gasteiger partial charge in [-0.2, -0.15) is 0 Å². The Morgan fingerprint density at radius 2 is 2.00 bits per heavy atom. The highest BCUT2D eigenvalue weighted by Crippen LogP contribution is 2.35. The first kappa shape index (κ1) is 11.5. The monoisotopic (exact) mass is 254 g/mol. The Balaban J connectivity index is 1.77. The van der Waals surface area contributed by atoms with E-state index in [4.69, 9.17) is 0 Å². The second-order valence-corrected chi connectivity index (χ2v) is 6.18. The Labute approximate surface area is 114 Å². The van der Waals surface area contributed by atoms with E-state index in [0.29, 0.717) is 6.04 Å². The van der Waals surface area contributed by atoms with Crippen LogP contribution in [0.3, 0.4) is 0 Å². The van der Waals surface area contributed by atoms with E-state index in [1.165, 1.54) is 61.8 Å². The summed E-state index contributed by atoms with van der Waals surface area (Å²) < 4.78 is 2.59. The first-order valence-electron chi connectivity index (χ1n) is 7.73. The summed E-state index contributed by atoms with van der Waals surface area (Å²) in [4.78, 5) is 0. The zero-order chi connectivity index (χ0) is 12.7. The molecule has 0 bridgehead atoms. The maximum absolute atomic E-state index is 3.71. The van der Waals surface area contributed by atoms with Crippen LogP contribution in [0, 0.1) is 5.92 Å². The second kappa shape index (κ2) is 4.68. The van der Waals surface area contributed by atoms with Crippen LogP contribution in [-0.4, -0.2) is 11.1 Å². The summed E-state index contributed by atoms with van der Waals surface area (Å²) in [5.74, 6) is 0.929. The van der Waals surface area contributed by atoms with E-state index in [9.17, 15) is 0 Å². The normalized spacial score (nSPS) is 23.9. The van der Waals surface area contributed by atoms with Crippen molar-refractivity contribution < 1.29 is 0 Å². The van der Waals surface area contributed by atoms with Gasteiger partial charge in [0.15, 0.2) is 0 Å². The van der Waals surface area contributed by atoms with Crippen LogP contribution in [0.2, 0.25) is 0 Å². The third kappa shape index (κ3) is 2.18. The lowest BCUT2D eigenvalue weighted by molar-refractivity contribution is 0.392. The van der Waals surface area contributed by atoms with Crippen LogP contribution >= 0.6 is 0 Å². The summed E-state index contributed by atoms with van der Waals surface area (Å²) in [5.41, 5.74) is 2.95. The van der Waals surface area contributed by atoms with E-state index >= 15 is 0 Å². The fourth-order valence-corrected chi connectivity index (χ4v) is 3.39. The molecule has 0 radical (unpaired) electrons. The van der Waals surface area contributed by atoms with Crippen molar-refractivity contribution in [1.82, 2.24) is 9.88 Å². The summed E-state index contributed by atoms with van der Waals surface area (Å²) >= 11 is 0. The molecule has 100 valence electrons. The molecule has 1 atom stereocenters. The van der Waals surface area contributed by atoms with Gasteiger partial charge in [-0.15, -0.1) is 0 Å². The molecular weight excluding hydrogens is 232 g/mol. The van der Waals surface area contributed by atoms with Gasteiger partial charge in [0.25, 0.3) is 0 Å². The number of benzene rings is 1. The lowest BCUT2D eigenvalue weighted by Crippen LogP contribution is -2.28. The molecule has 2 heterocycles. The smallest absolute Gasteiger partial charge is 0.0483 e. The Bertz CT molecular complexity index is 574. The summed E-state index contributed by atoms with van der Waals surface area (Å²) in [6.07, 6.45) is 6.83. The average Bonchev–Trinajstić information content (AvgIpc) is 3.21. The fraction of sp³-hybridized carbons (Fsp3) is 0.529. The summed E-state index contributed by atoms with van der Waals surface area (Å²) in [5, 5.41) is 5.12. The minimum atomic E-state index is 0.569. The van der Waals surface area contributed by atoms with Crippen molar-refractivity contribution in [2.75, 3.05) is 6.54 Å². The van der Waals surface area contributed by atoms with E-state index in [0.717, 1.165) is 5.92 Å². The molecule has 1 saturated carbocycles. The van der Waals surface area contributed by atoms with Gasteiger partial charge < -0.3 is 9.88 Å². The SMILES string of the molecule is c1ccc2c(c1)cc([C@@H]1CCCCN1)n2CC1CC1. The van der Waals surface area contributed by atoms with E-state index in [1.54, 1.807) is 0 Å². The van der Waals surface area contributed by atoms with E-state index < -0.39 is 0 Å². The van der Waals surface area contributed by atoms with Gasteiger partial charge in [0.05, 0.1) is 0 Å². The Kier molecular flexibility index (Phi) is 2.84. The Morgan fingerprint density at radius 3 is 2.79 bits per heavy atom. The molecule has 4 rings (SSSR count). The van der Waals surface area contributed by atoms with Gasteiger partial charge in [0.1, 0.15) is 0 Å². The predicted molar refractivity (Wildman–Crippen MR) is 79.3 cm³/mol. The van der Waals surface area contributed by atoms with Gasteiger partial charge in [0.2, 0.25) is 0 Å². The van der Waals surface area contributed by atoms with Gasteiger partial charge >= 0.3 is 0 Å². The molecule has 2 heteroatoms. The maximum Gasteiger partial charge on any atom is 0.0483 e. The highest BCUT2D eigenvalue weighted by Gasteiger charge is 2.26. The molecule has 1 aliphatic carbocycles. The summed E-state index contributed by atoms with van der Waals surface area (Å²) in [7, 11) is 0.